The van der Waals surface area contributed by atoms with Gasteiger partial charge in [-0.1, -0.05) is 91.0 Å². The van der Waals surface area contributed by atoms with Gasteiger partial charge >= 0.3 is 0 Å². The molecular formula is C27H19F3. The molecule has 4 aromatic rings. The van der Waals surface area contributed by atoms with Gasteiger partial charge in [0.25, 0.3) is 0 Å². The maximum Gasteiger partial charge on any atom is 0.167 e. The maximum absolute atomic E-state index is 14.7. The van der Waals surface area contributed by atoms with Crippen LogP contribution in [0.5, 0.6) is 0 Å². The van der Waals surface area contributed by atoms with Crippen molar-refractivity contribution in [2.24, 2.45) is 0 Å². The van der Waals surface area contributed by atoms with Crippen LogP contribution in [0.15, 0.2) is 84.9 Å². The molecule has 3 heteroatoms. The second kappa shape index (κ2) is 8.42. The van der Waals surface area contributed by atoms with Gasteiger partial charge in [-0.25, -0.2) is 13.2 Å². The predicted octanol–water partition coefficient (Wildman–Crippen LogP) is 7.92. The third-order valence-corrected chi connectivity index (χ3v) is 5.05. The molecule has 0 atom stereocenters. The summed E-state index contributed by atoms with van der Waals surface area (Å²) in [6.07, 6.45) is 3.66. The second-order valence-electron chi connectivity index (χ2n) is 7.12. The first-order chi connectivity index (χ1) is 14.5. The molecule has 0 spiro atoms. The average Bonchev–Trinajstić information content (AvgIpc) is 2.77. The zero-order valence-corrected chi connectivity index (χ0v) is 16.4. The summed E-state index contributed by atoms with van der Waals surface area (Å²) < 4.78 is 43.1. The first kappa shape index (κ1) is 19.7. The van der Waals surface area contributed by atoms with Crippen LogP contribution >= 0.6 is 0 Å². The molecule has 0 aliphatic heterocycles. The minimum absolute atomic E-state index is 0.211. The molecule has 0 amide bonds. The van der Waals surface area contributed by atoms with Gasteiger partial charge in [0.2, 0.25) is 0 Å². The number of hydrogen-bond acceptors (Lipinski definition) is 0. The van der Waals surface area contributed by atoms with Gasteiger partial charge in [0.05, 0.1) is 0 Å². The number of benzene rings is 4. The summed E-state index contributed by atoms with van der Waals surface area (Å²) >= 11 is 0. The molecule has 0 N–H and O–H groups in total. The van der Waals surface area contributed by atoms with Crippen LogP contribution < -0.4 is 0 Å². The van der Waals surface area contributed by atoms with E-state index >= 15 is 0 Å². The van der Waals surface area contributed by atoms with Gasteiger partial charge in [0, 0.05) is 11.1 Å². The van der Waals surface area contributed by atoms with Crippen LogP contribution in [0.3, 0.4) is 0 Å². The van der Waals surface area contributed by atoms with Crippen molar-refractivity contribution in [2.45, 2.75) is 6.92 Å². The molecule has 30 heavy (non-hydrogen) atoms. The predicted molar refractivity (Wildman–Crippen MR) is 117 cm³/mol. The Bertz CT molecular complexity index is 1210. The second-order valence-corrected chi connectivity index (χ2v) is 7.12. The summed E-state index contributed by atoms with van der Waals surface area (Å²) in [4.78, 5) is 0. The highest BCUT2D eigenvalue weighted by Gasteiger charge is 2.15. The quantitative estimate of drug-likeness (QED) is 0.305. The normalized spacial score (nSPS) is 11.2. The largest absolute Gasteiger partial charge is 0.207 e. The fourth-order valence-corrected chi connectivity index (χ4v) is 3.29. The minimum Gasteiger partial charge on any atom is -0.207 e. The van der Waals surface area contributed by atoms with Crippen molar-refractivity contribution in [1.29, 1.82) is 0 Å². The fourth-order valence-electron chi connectivity index (χ4n) is 3.29. The van der Waals surface area contributed by atoms with Crippen LogP contribution in [0.4, 0.5) is 13.2 Å². The summed E-state index contributed by atoms with van der Waals surface area (Å²) in [5, 5.41) is 0. The zero-order chi connectivity index (χ0) is 21.1. The monoisotopic (exact) mass is 400 g/mol. The molecule has 0 bridgehead atoms. The standard InChI is InChI=1S/C27H19F3/c1-18-7-8-20(17-25(18)28)10-9-19-11-13-22(14-12-19)24-16-15-23(26(29)27(24)30)21-5-3-2-4-6-21/h2-17H,1H3/b10-9+. The van der Waals surface area contributed by atoms with Crippen molar-refractivity contribution >= 4 is 12.2 Å². The zero-order valence-electron chi connectivity index (χ0n) is 16.4. The molecule has 0 saturated heterocycles. The van der Waals surface area contributed by atoms with Gasteiger partial charge in [-0.15, -0.1) is 0 Å². The topological polar surface area (TPSA) is 0 Å². The van der Waals surface area contributed by atoms with Crippen molar-refractivity contribution in [2.75, 3.05) is 0 Å². The summed E-state index contributed by atoms with van der Waals surface area (Å²) in [7, 11) is 0. The molecule has 0 nitrogen and oxygen atoms in total. The Morgan fingerprint density at radius 1 is 0.567 bits per heavy atom. The van der Waals surface area contributed by atoms with E-state index in [-0.39, 0.29) is 16.9 Å². The van der Waals surface area contributed by atoms with Gasteiger partial charge in [-0.3, -0.25) is 0 Å². The Morgan fingerprint density at radius 3 is 1.70 bits per heavy atom. The van der Waals surface area contributed by atoms with Crippen molar-refractivity contribution in [1.82, 2.24) is 0 Å². The lowest BCUT2D eigenvalue weighted by atomic mass is 9.98. The lowest BCUT2D eigenvalue weighted by Gasteiger charge is -2.09. The van der Waals surface area contributed by atoms with Crippen LogP contribution in [0, 0.1) is 24.4 Å². The number of halogens is 3. The van der Waals surface area contributed by atoms with Crippen molar-refractivity contribution in [3.8, 4) is 22.3 Å². The van der Waals surface area contributed by atoms with Crippen LogP contribution in [0.1, 0.15) is 16.7 Å². The van der Waals surface area contributed by atoms with Crippen LogP contribution in [-0.4, -0.2) is 0 Å². The number of aryl methyl sites for hydroxylation is 1. The van der Waals surface area contributed by atoms with E-state index in [4.69, 9.17) is 0 Å². The molecular weight excluding hydrogens is 381 g/mol. The van der Waals surface area contributed by atoms with Crippen molar-refractivity contribution in [3.05, 3.63) is 119 Å². The highest BCUT2D eigenvalue weighted by molar-refractivity contribution is 5.74. The van der Waals surface area contributed by atoms with Gasteiger partial charge in [0.15, 0.2) is 11.6 Å². The van der Waals surface area contributed by atoms with E-state index in [2.05, 4.69) is 0 Å². The van der Waals surface area contributed by atoms with Gasteiger partial charge < -0.3 is 0 Å². The Hall–Kier alpha value is -3.59. The van der Waals surface area contributed by atoms with Crippen LogP contribution in [0.2, 0.25) is 0 Å². The van der Waals surface area contributed by atoms with Crippen molar-refractivity contribution in [3.63, 3.8) is 0 Å². The highest BCUT2D eigenvalue weighted by atomic mass is 19.2. The molecule has 0 fully saturated rings. The first-order valence-electron chi connectivity index (χ1n) is 9.61. The molecule has 0 radical (unpaired) electrons. The number of hydrogen-bond donors (Lipinski definition) is 0. The molecule has 0 aliphatic rings. The highest BCUT2D eigenvalue weighted by Crippen LogP contribution is 2.31. The van der Waals surface area contributed by atoms with E-state index < -0.39 is 11.6 Å². The number of rotatable bonds is 4. The van der Waals surface area contributed by atoms with E-state index in [1.807, 2.05) is 36.4 Å². The lowest BCUT2D eigenvalue weighted by Crippen LogP contribution is -1.94. The molecule has 0 heterocycles. The van der Waals surface area contributed by atoms with E-state index in [0.29, 0.717) is 16.7 Å². The molecule has 0 saturated carbocycles. The third kappa shape index (κ3) is 4.06. The average molecular weight is 400 g/mol. The Kier molecular flexibility index (Phi) is 5.53. The maximum atomic E-state index is 14.7. The lowest BCUT2D eigenvalue weighted by molar-refractivity contribution is 0.514. The summed E-state index contributed by atoms with van der Waals surface area (Å²) in [5.41, 5.74) is 3.90. The SMILES string of the molecule is Cc1ccc(/C=C/c2ccc(-c3ccc(-c4ccccc4)c(F)c3F)cc2)cc1F. The smallest absolute Gasteiger partial charge is 0.167 e. The summed E-state index contributed by atoms with van der Waals surface area (Å²) in [6, 6.07) is 24.3. The fraction of sp³-hybridized carbons (Fsp3) is 0.0370. The van der Waals surface area contributed by atoms with Gasteiger partial charge in [-0.05, 0) is 40.8 Å². The molecule has 0 aromatic heterocycles. The molecule has 0 aliphatic carbocycles. The van der Waals surface area contributed by atoms with E-state index in [0.717, 1.165) is 11.1 Å². The molecule has 0 unspecified atom stereocenters. The van der Waals surface area contributed by atoms with Crippen molar-refractivity contribution < 1.29 is 13.2 Å². The summed E-state index contributed by atoms with van der Waals surface area (Å²) in [6.45, 7) is 1.72. The van der Waals surface area contributed by atoms with E-state index in [1.54, 1.807) is 61.5 Å². The third-order valence-electron chi connectivity index (χ3n) is 5.05. The van der Waals surface area contributed by atoms with Gasteiger partial charge in [0.1, 0.15) is 5.82 Å². The van der Waals surface area contributed by atoms with E-state index in [1.165, 1.54) is 6.07 Å². The summed E-state index contributed by atoms with van der Waals surface area (Å²) in [5.74, 6) is -1.97. The Morgan fingerprint density at radius 2 is 1.10 bits per heavy atom. The molecule has 148 valence electrons. The molecule has 4 aromatic carbocycles. The Balaban J connectivity index is 1.59. The van der Waals surface area contributed by atoms with E-state index in [9.17, 15) is 13.2 Å². The minimum atomic E-state index is -0.866. The first-order valence-corrected chi connectivity index (χ1v) is 9.61. The van der Waals surface area contributed by atoms with Crippen LogP contribution in [0.25, 0.3) is 34.4 Å². The molecule has 4 rings (SSSR count). The van der Waals surface area contributed by atoms with Gasteiger partial charge in [-0.2, -0.15) is 0 Å². The van der Waals surface area contributed by atoms with Crippen LogP contribution in [-0.2, 0) is 0 Å². The Labute approximate surface area is 174 Å².